The zero-order chi connectivity index (χ0) is 16.5. The number of thiophene rings is 1. The average Bonchev–Trinajstić information content (AvgIpc) is 3.23. The highest BCUT2D eigenvalue weighted by molar-refractivity contribution is 7.15. The maximum Gasteiger partial charge on any atom is 0.267 e. The van der Waals surface area contributed by atoms with Crippen LogP contribution in [0.5, 0.6) is 0 Å². The molecule has 5 heteroatoms. The molecule has 4 rings (SSSR count). The molecule has 2 heterocycles. The lowest BCUT2D eigenvalue weighted by Gasteiger charge is -2.01. The van der Waals surface area contributed by atoms with Crippen LogP contribution in [0.2, 0.25) is 0 Å². The molecule has 0 radical (unpaired) electrons. The number of benzene rings is 2. The first kappa shape index (κ1) is 15.1. The predicted molar refractivity (Wildman–Crippen MR) is 102 cm³/mol. The standard InChI is InChI=1S/C19H14N2OS2/c1-12-6-9-17(24-12)18(22)21-19-20-16(11-23-19)15-8-7-13-4-2-3-5-14(13)10-15/h2-11H,1H3,(H,20,21,22). The molecule has 0 aliphatic rings. The monoisotopic (exact) mass is 350 g/mol. The second-order valence-electron chi connectivity index (χ2n) is 5.46. The van der Waals surface area contributed by atoms with Crippen molar-refractivity contribution in [1.82, 2.24) is 4.98 Å². The van der Waals surface area contributed by atoms with E-state index < -0.39 is 0 Å². The number of amides is 1. The van der Waals surface area contributed by atoms with Gasteiger partial charge in [-0.1, -0.05) is 36.4 Å². The number of aryl methyl sites for hydroxylation is 1. The molecule has 118 valence electrons. The molecule has 1 N–H and O–H groups in total. The van der Waals surface area contributed by atoms with E-state index in [1.54, 1.807) is 0 Å². The lowest BCUT2D eigenvalue weighted by molar-refractivity contribution is 0.103. The van der Waals surface area contributed by atoms with Gasteiger partial charge in [0.05, 0.1) is 10.6 Å². The van der Waals surface area contributed by atoms with Crippen LogP contribution in [-0.4, -0.2) is 10.9 Å². The van der Waals surface area contributed by atoms with Gasteiger partial charge in [0, 0.05) is 15.8 Å². The molecule has 4 aromatic rings. The number of anilines is 1. The fourth-order valence-corrected chi connectivity index (χ4v) is 4.01. The van der Waals surface area contributed by atoms with Crippen LogP contribution in [0.3, 0.4) is 0 Å². The average molecular weight is 350 g/mol. The summed E-state index contributed by atoms with van der Waals surface area (Å²) in [5, 5.41) is 7.86. The summed E-state index contributed by atoms with van der Waals surface area (Å²) >= 11 is 2.93. The lowest BCUT2D eigenvalue weighted by Crippen LogP contribution is -2.09. The summed E-state index contributed by atoms with van der Waals surface area (Å²) in [5.41, 5.74) is 1.93. The zero-order valence-electron chi connectivity index (χ0n) is 12.9. The number of nitrogens with one attached hydrogen (secondary N) is 1. The van der Waals surface area contributed by atoms with Crippen molar-refractivity contribution >= 4 is 44.5 Å². The number of rotatable bonds is 3. The third kappa shape index (κ3) is 2.96. The number of carbonyl (C=O) groups excluding carboxylic acids is 1. The fourth-order valence-electron chi connectivity index (χ4n) is 2.53. The van der Waals surface area contributed by atoms with E-state index >= 15 is 0 Å². The number of hydrogen-bond donors (Lipinski definition) is 1. The number of fused-ring (bicyclic) bond motifs is 1. The van der Waals surface area contributed by atoms with Gasteiger partial charge in [-0.15, -0.1) is 22.7 Å². The predicted octanol–water partition coefficient (Wildman–Crippen LogP) is 5.59. The Morgan fingerprint density at radius 3 is 2.67 bits per heavy atom. The Labute approximate surface area is 147 Å². The number of nitrogens with zero attached hydrogens (tertiary/aromatic N) is 1. The van der Waals surface area contributed by atoms with Crippen molar-refractivity contribution in [2.75, 3.05) is 5.32 Å². The molecular formula is C19H14N2OS2. The SMILES string of the molecule is Cc1ccc(C(=O)Nc2nc(-c3ccc4ccccc4c3)cs2)s1. The molecule has 2 aromatic carbocycles. The first-order valence-corrected chi connectivity index (χ1v) is 9.21. The van der Waals surface area contributed by atoms with Gasteiger partial charge in [-0.2, -0.15) is 0 Å². The van der Waals surface area contributed by atoms with Gasteiger partial charge in [0.15, 0.2) is 5.13 Å². The first-order valence-electron chi connectivity index (χ1n) is 7.51. The van der Waals surface area contributed by atoms with Crippen LogP contribution in [-0.2, 0) is 0 Å². The molecule has 2 aromatic heterocycles. The fraction of sp³-hybridized carbons (Fsp3) is 0.0526. The Morgan fingerprint density at radius 1 is 1.04 bits per heavy atom. The highest BCUT2D eigenvalue weighted by atomic mass is 32.1. The minimum absolute atomic E-state index is 0.104. The smallest absolute Gasteiger partial charge is 0.267 e. The van der Waals surface area contributed by atoms with Gasteiger partial charge in [-0.3, -0.25) is 10.1 Å². The summed E-state index contributed by atoms with van der Waals surface area (Å²) in [6, 6.07) is 18.3. The molecule has 0 bridgehead atoms. The van der Waals surface area contributed by atoms with Crippen molar-refractivity contribution < 1.29 is 4.79 Å². The van der Waals surface area contributed by atoms with E-state index in [1.165, 1.54) is 33.4 Å². The van der Waals surface area contributed by atoms with Crippen LogP contribution in [0, 0.1) is 6.92 Å². The van der Waals surface area contributed by atoms with Crippen molar-refractivity contribution in [2.45, 2.75) is 6.92 Å². The summed E-state index contributed by atoms with van der Waals surface area (Å²) in [7, 11) is 0. The van der Waals surface area contributed by atoms with Gasteiger partial charge < -0.3 is 0 Å². The topological polar surface area (TPSA) is 42.0 Å². The minimum Gasteiger partial charge on any atom is -0.297 e. The van der Waals surface area contributed by atoms with Crippen molar-refractivity contribution in [2.24, 2.45) is 0 Å². The number of aromatic nitrogens is 1. The van der Waals surface area contributed by atoms with E-state index in [0.717, 1.165) is 16.1 Å². The maximum absolute atomic E-state index is 12.2. The second kappa shape index (κ2) is 6.19. The number of hydrogen-bond acceptors (Lipinski definition) is 4. The molecule has 0 saturated carbocycles. The third-order valence-corrected chi connectivity index (χ3v) is 5.49. The van der Waals surface area contributed by atoms with Crippen LogP contribution in [0.1, 0.15) is 14.5 Å². The molecule has 0 spiro atoms. The molecule has 0 saturated heterocycles. The van der Waals surface area contributed by atoms with Gasteiger partial charge in [-0.05, 0) is 35.9 Å². The number of carbonyl (C=O) groups is 1. The molecule has 24 heavy (non-hydrogen) atoms. The maximum atomic E-state index is 12.2. The van der Waals surface area contributed by atoms with E-state index in [2.05, 4.69) is 40.6 Å². The van der Waals surface area contributed by atoms with E-state index in [4.69, 9.17) is 0 Å². The van der Waals surface area contributed by atoms with Crippen molar-refractivity contribution in [3.8, 4) is 11.3 Å². The summed E-state index contributed by atoms with van der Waals surface area (Å²) in [4.78, 5) is 18.6. The Kier molecular flexibility index (Phi) is 3.88. The second-order valence-corrected chi connectivity index (χ2v) is 7.61. The van der Waals surface area contributed by atoms with E-state index in [-0.39, 0.29) is 5.91 Å². The van der Waals surface area contributed by atoms with Crippen LogP contribution in [0.15, 0.2) is 60.0 Å². The Bertz CT molecular complexity index is 1030. The van der Waals surface area contributed by atoms with E-state index in [9.17, 15) is 4.79 Å². The first-order chi connectivity index (χ1) is 11.7. The molecule has 0 atom stereocenters. The van der Waals surface area contributed by atoms with Crippen LogP contribution in [0.4, 0.5) is 5.13 Å². The highest BCUT2D eigenvalue weighted by Gasteiger charge is 2.11. The molecule has 0 aliphatic heterocycles. The van der Waals surface area contributed by atoms with Gasteiger partial charge in [0.25, 0.3) is 5.91 Å². The highest BCUT2D eigenvalue weighted by Crippen LogP contribution is 2.28. The summed E-state index contributed by atoms with van der Waals surface area (Å²) in [6.07, 6.45) is 0. The van der Waals surface area contributed by atoms with Gasteiger partial charge >= 0.3 is 0 Å². The summed E-state index contributed by atoms with van der Waals surface area (Å²) < 4.78 is 0. The zero-order valence-corrected chi connectivity index (χ0v) is 14.6. The third-order valence-electron chi connectivity index (χ3n) is 3.73. The van der Waals surface area contributed by atoms with Gasteiger partial charge in [-0.25, -0.2) is 4.98 Å². The molecule has 0 fully saturated rings. The molecule has 3 nitrogen and oxygen atoms in total. The van der Waals surface area contributed by atoms with Crippen LogP contribution in [0.25, 0.3) is 22.0 Å². The van der Waals surface area contributed by atoms with Crippen molar-refractivity contribution in [3.63, 3.8) is 0 Å². The summed E-state index contributed by atoms with van der Waals surface area (Å²) in [5.74, 6) is -0.104. The van der Waals surface area contributed by atoms with Crippen LogP contribution < -0.4 is 5.32 Å². The lowest BCUT2D eigenvalue weighted by atomic mass is 10.1. The van der Waals surface area contributed by atoms with E-state index in [1.807, 2.05) is 36.6 Å². The molecular weight excluding hydrogens is 336 g/mol. The van der Waals surface area contributed by atoms with Crippen LogP contribution >= 0.6 is 22.7 Å². The van der Waals surface area contributed by atoms with Gasteiger partial charge in [0.1, 0.15) is 0 Å². The van der Waals surface area contributed by atoms with E-state index in [0.29, 0.717) is 10.0 Å². The number of thiazole rings is 1. The molecule has 0 aliphatic carbocycles. The largest absolute Gasteiger partial charge is 0.297 e. The van der Waals surface area contributed by atoms with Crippen molar-refractivity contribution in [1.29, 1.82) is 0 Å². The normalized spacial score (nSPS) is 10.9. The quantitative estimate of drug-likeness (QED) is 0.523. The Balaban J connectivity index is 1.58. The molecule has 1 amide bonds. The summed E-state index contributed by atoms with van der Waals surface area (Å²) in [6.45, 7) is 1.99. The minimum atomic E-state index is -0.104. The molecule has 0 unspecified atom stereocenters. The van der Waals surface area contributed by atoms with Gasteiger partial charge in [0.2, 0.25) is 0 Å². The Hall–Kier alpha value is -2.50. The van der Waals surface area contributed by atoms with Crippen molar-refractivity contribution in [3.05, 3.63) is 69.7 Å². The Morgan fingerprint density at radius 2 is 1.88 bits per heavy atom.